The Bertz CT molecular complexity index is 562. The molecule has 0 unspecified atom stereocenters. The number of nitrogens with two attached hydrogens (primary N) is 1. The predicted molar refractivity (Wildman–Crippen MR) is 96.7 cm³/mol. The molecule has 120 valence electrons. The van der Waals surface area contributed by atoms with E-state index in [2.05, 4.69) is 62.1 Å². The molecule has 0 saturated carbocycles. The van der Waals surface area contributed by atoms with Crippen molar-refractivity contribution >= 4 is 0 Å². The first-order valence-corrected chi connectivity index (χ1v) is 7.75. The minimum atomic E-state index is 1.03. The summed E-state index contributed by atoms with van der Waals surface area (Å²) in [5.74, 6) is 0. The average molecular weight is 299 g/mol. The Hall–Kier alpha value is -2.16. The number of hydrogen-bond acceptors (Lipinski definition) is 3. The van der Waals surface area contributed by atoms with Gasteiger partial charge < -0.3 is 5.73 Å². The summed E-state index contributed by atoms with van der Waals surface area (Å²) in [4.78, 5) is 8.73. The van der Waals surface area contributed by atoms with E-state index in [1.165, 1.54) is 23.7 Å². The number of hydrogen-bond donors (Lipinski definition) is 1. The van der Waals surface area contributed by atoms with E-state index >= 15 is 0 Å². The molecule has 0 aliphatic heterocycles. The van der Waals surface area contributed by atoms with Crippen molar-refractivity contribution in [3.63, 3.8) is 0 Å². The summed E-state index contributed by atoms with van der Waals surface area (Å²) < 4.78 is 0. The zero-order valence-electron chi connectivity index (χ0n) is 14.6. The molecule has 0 saturated heterocycles. The van der Waals surface area contributed by atoms with Crippen LogP contribution in [0.3, 0.4) is 0 Å². The van der Waals surface area contributed by atoms with Crippen LogP contribution in [-0.2, 0) is 6.42 Å². The summed E-state index contributed by atoms with van der Waals surface area (Å²) in [5.41, 5.74) is 10.4. The maximum absolute atomic E-state index is 4.61. The molecule has 0 bridgehead atoms. The molecule has 2 aromatic heterocycles. The minimum absolute atomic E-state index is 1.03. The third-order valence-electron chi connectivity index (χ3n) is 2.71. The van der Waals surface area contributed by atoms with Gasteiger partial charge in [0.25, 0.3) is 0 Å². The van der Waals surface area contributed by atoms with Gasteiger partial charge in [0.15, 0.2) is 0 Å². The Balaban J connectivity index is 0.000000639. The quantitative estimate of drug-likeness (QED) is 0.864. The van der Waals surface area contributed by atoms with E-state index in [1.54, 1.807) is 0 Å². The fourth-order valence-corrected chi connectivity index (χ4v) is 1.82. The summed E-state index contributed by atoms with van der Waals surface area (Å²) in [7, 11) is 0. The predicted octanol–water partition coefficient (Wildman–Crippen LogP) is 4.83. The molecule has 0 amide bonds. The molecular weight excluding hydrogens is 270 g/mol. The van der Waals surface area contributed by atoms with Crippen molar-refractivity contribution in [2.45, 2.75) is 47.5 Å². The summed E-state index contributed by atoms with van der Waals surface area (Å²) in [5, 5.41) is 0. The van der Waals surface area contributed by atoms with Crippen LogP contribution in [0.2, 0.25) is 0 Å². The van der Waals surface area contributed by atoms with Crippen LogP contribution in [-0.4, -0.2) is 9.97 Å². The van der Waals surface area contributed by atoms with E-state index < -0.39 is 0 Å². The first kappa shape index (κ1) is 19.8. The molecule has 0 aromatic carbocycles. The molecule has 2 rings (SSSR count). The Kier molecular flexibility index (Phi) is 10.4. The monoisotopic (exact) mass is 299 g/mol. The van der Waals surface area contributed by atoms with Gasteiger partial charge in [0.2, 0.25) is 0 Å². The highest BCUT2D eigenvalue weighted by Crippen LogP contribution is 2.21. The standard InChI is InChI=1S/C14H16N2.C3H8.C2H5N/c1-4-12-7-10(2)14(16-9-12)13-5-6-15-11(3)8-13;1-3-2;1-2-3/h5-9H,4H2,1-3H3;3H2,1-2H3;2H,1,3H2. The van der Waals surface area contributed by atoms with Gasteiger partial charge in [-0.1, -0.05) is 39.8 Å². The van der Waals surface area contributed by atoms with E-state index in [4.69, 9.17) is 0 Å². The lowest BCUT2D eigenvalue weighted by atomic mass is 10.0. The Labute approximate surface area is 135 Å². The Morgan fingerprint density at radius 1 is 1.14 bits per heavy atom. The van der Waals surface area contributed by atoms with E-state index in [0.717, 1.165) is 23.4 Å². The average Bonchev–Trinajstić information content (AvgIpc) is 2.48. The van der Waals surface area contributed by atoms with Gasteiger partial charge in [-0.2, -0.15) is 0 Å². The van der Waals surface area contributed by atoms with Gasteiger partial charge in [0.05, 0.1) is 5.69 Å². The van der Waals surface area contributed by atoms with Crippen molar-refractivity contribution in [3.8, 4) is 11.3 Å². The van der Waals surface area contributed by atoms with Crippen molar-refractivity contribution in [2.75, 3.05) is 0 Å². The fraction of sp³-hybridized carbons (Fsp3) is 0.368. The zero-order valence-corrected chi connectivity index (χ0v) is 14.6. The molecule has 0 aliphatic carbocycles. The van der Waals surface area contributed by atoms with Crippen LogP contribution in [0.25, 0.3) is 11.3 Å². The number of aromatic nitrogens is 2. The highest BCUT2D eigenvalue weighted by molar-refractivity contribution is 5.62. The van der Waals surface area contributed by atoms with Gasteiger partial charge in [-0.3, -0.25) is 9.97 Å². The fourth-order valence-electron chi connectivity index (χ4n) is 1.82. The summed E-state index contributed by atoms with van der Waals surface area (Å²) >= 11 is 0. The first-order valence-electron chi connectivity index (χ1n) is 7.75. The smallest absolute Gasteiger partial charge is 0.0732 e. The van der Waals surface area contributed by atoms with Gasteiger partial charge in [0.1, 0.15) is 0 Å². The number of aryl methyl sites for hydroxylation is 3. The van der Waals surface area contributed by atoms with Crippen molar-refractivity contribution in [1.29, 1.82) is 0 Å². The van der Waals surface area contributed by atoms with Gasteiger partial charge >= 0.3 is 0 Å². The molecule has 22 heavy (non-hydrogen) atoms. The second-order valence-electron chi connectivity index (χ2n) is 4.99. The lowest BCUT2D eigenvalue weighted by Crippen LogP contribution is -1.92. The van der Waals surface area contributed by atoms with Crippen molar-refractivity contribution in [3.05, 3.63) is 60.2 Å². The van der Waals surface area contributed by atoms with E-state index in [1.807, 2.05) is 25.4 Å². The zero-order chi connectivity index (χ0) is 17.0. The first-order chi connectivity index (χ1) is 10.5. The van der Waals surface area contributed by atoms with E-state index in [0.29, 0.717) is 0 Å². The van der Waals surface area contributed by atoms with Crippen LogP contribution < -0.4 is 5.73 Å². The molecule has 0 atom stereocenters. The highest BCUT2D eigenvalue weighted by Gasteiger charge is 2.04. The highest BCUT2D eigenvalue weighted by atomic mass is 14.7. The van der Waals surface area contributed by atoms with Crippen LogP contribution >= 0.6 is 0 Å². The Morgan fingerprint density at radius 3 is 2.18 bits per heavy atom. The van der Waals surface area contributed by atoms with E-state index in [9.17, 15) is 0 Å². The number of rotatable bonds is 2. The lowest BCUT2D eigenvalue weighted by molar-refractivity contribution is 1.09. The summed E-state index contributed by atoms with van der Waals surface area (Å²) in [6.07, 6.45) is 7.32. The second-order valence-corrected chi connectivity index (χ2v) is 4.99. The topological polar surface area (TPSA) is 51.8 Å². The minimum Gasteiger partial charge on any atom is -0.405 e. The van der Waals surface area contributed by atoms with Crippen molar-refractivity contribution in [2.24, 2.45) is 5.73 Å². The third-order valence-corrected chi connectivity index (χ3v) is 2.71. The third kappa shape index (κ3) is 7.02. The lowest BCUT2D eigenvalue weighted by Gasteiger charge is -2.07. The maximum atomic E-state index is 4.61. The molecule has 2 aromatic rings. The van der Waals surface area contributed by atoms with Gasteiger partial charge in [0, 0.05) is 23.7 Å². The Morgan fingerprint density at radius 2 is 1.73 bits per heavy atom. The number of nitrogens with zero attached hydrogens (tertiary/aromatic N) is 2. The summed E-state index contributed by atoms with van der Waals surface area (Å²) in [6, 6.07) is 6.28. The van der Waals surface area contributed by atoms with Crippen LogP contribution in [0.4, 0.5) is 0 Å². The van der Waals surface area contributed by atoms with Crippen molar-refractivity contribution in [1.82, 2.24) is 9.97 Å². The van der Waals surface area contributed by atoms with Crippen LogP contribution in [0, 0.1) is 13.8 Å². The molecule has 0 radical (unpaired) electrons. The molecule has 2 N–H and O–H groups in total. The van der Waals surface area contributed by atoms with Crippen LogP contribution in [0.1, 0.15) is 44.0 Å². The molecule has 0 aliphatic rings. The molecule has 2 heterocycles. The molecule has 0 fully saturated rings. The summed E-state index contributed by atoms with van der Waals surface area (Å²) in [6.45, 7) is 13.6. The SMILES string of the molecule is C=CN.CCC.CCc1cnc(-c2ccnc(C)c2)c(C)c1. The van der Waals surface area contributed by atoms with Gasteiger partial charge in [-0.05, 0) is 49.7 Å². The van der Waals surface area contributed by atoms with Gasteiger partial charge in [-0.25, -0.2) is 0 Å². The van der Waals surface area contributed by atoms with Gasteiger partial charge in [-0.15, -0.1) is 0 Å². The van der Waals surface area contributed by atoms with Crippen LogP contribution in [0.15, 0.2) is 43.4 Å². The second kappa shape index (κ2) is 11.5. The normalized spacial score (nSPS) is 8.95. The molecule has 3 nitrogen and oxygen atoms in total. The molecule has 0 spiro atoms. The van der Waals surface area contributed by atoms with E-state index in [-0.39, 0.29) is 0 Å². The molecule has 3 heteroatoms. The number of pyridine rings is 2. The largest absolute Gasteiger partial charge is 0.405 e. The molecular formula is C19H29N3. The van der Waals surface area contributed by atoms with Crippen LogP contribution in [0.5, 0.6) is 0 Å². The van der Waals surface area contributed by atoms with Crippen molar-refractivity contribution < 1.29 is 0 Å². The maximum Gasteiger partial charge on any atom is 0.0732 e.